The molecule has 0 saturated heterocycles. The second-order valence-corrected chi connectivity index (χ2v) is 2.41. The van der Waals surface area contributed by atoms with Crippen LogP contribution in [0, 0.1) is 0 Å². The van der Waals surface area contributed by atoms with Gasteiger partial charge in [0.15, 0.2) is 0 Å². The summed E-state index contributed by atoms with van der Waals surface area (Å²) in [5.41, 5.74) is 0. The number of hydrogen-bond donors (Lipinski definition) is 5. The van der Waals surface area contributed by atoms with E-state index in [1.165, 1.54) is 0 Å². The van der Waals surface area contributed by atoms with Crippen LogP contribution in [0.15, 0.2) is 0 Å². The smallest absolute Gasteiger partial charge is 0.481 e. The molecule has 0 aromatic rings. The maximum atomic E-state index is 10.0. The first kappa shape index (κ1) is 16.0. The third kappa shape index (κ3) is 6.62. The largest absolute Gasteiger partial charge is 2.00 e. The molecule has 3 atom stereocenters. The zero-order chi connectivity index (χ0) is 9.72. The van der Waals surface area contributed by atoms with Crippen LogP contribution in [-0.4, -0.2) is 94.2 Å². The van der Waals surface area contributed by atoms with Gasteiger partial charge in [-0.1, -0.05) is 0 Å². The zero-order valence-electron chi connectivity index (χ0n) is 7.00. The standard InChI is InChI=1S/C6H12O6.Ca/c7-2-4(9)6(12)3(8)1-5(10)11;/h3-4,6-9,12H,1-2H2,(H,10,11);/q;+2. The number of carboxylic acids is 1. The Morgan fingerprint density at radius 3 is 1.92 bits per heavy atom. The van der Waals surface area contributed by atoms with Crippen LogP contribution in [0.5, 0.6) is 0 Å². The molecule has 0 heterocycles. The van der Waals surface area contributed by atoms with Gasteiger partial charge in [-0.25, -0.2) is 0 Å². The molecule has 0 aromatic heterocycles. The minimum atomic E-state index is -1.63. The molecule has 13 heavy (non-hydrogen) atoms. The van der Waals surface area contributed by atoms with E-state index in [0.717, 1.165) is 0 Å². The Morgan fingerprint density at radius 1 is 1.15 bits per heavy atom. The average Bonchev–Trinajstić information content (AvgIpc) is 2.00. The Bertz CT molecular complexity index is 152. The first-order valence-electron chi connectivity index (χ1n) is 3.36. The van der Waals surface area contributed by atoms with Crippen molar-refractivity contribution in [3.05, 3.63) is 0 Å². The van der Waals surface area contributed by atoms with Gasteiger partial charge in [-0.05, 0) is 0 Å². The van der Waals surface area contributed by atoms with Crippen LogP contribution in [0.3, 0.4) is 0 Å². The molecule has 0 radical (unpaired) electrons. The maximum absolute atomic E-state index is 10.0. The van der Waals surface area contributed by atoms with Crippen LogP contribution < -0.4 is 0 Å². The van der Waals surface area contributed by atoms with Gasteiger partial charge < -0.3 is 25.5 Å². The van der Waals surface area contributed by atoms with Gasteiger partial charge in [0.2, 0.25) is 0 Å². The fourth-order valence-corrected chi connectivity index (χ4v) is 0.664. The number of carbonyl (C=O) groups is 1. The van der Waals surface area contributed by atoms with Gasteiger partial charge in [0, 0.05) is 0 Å². The molecular formula is C6H12CaO6+2. The molecule has 0 aromatic carbocycles. The maximum Gasteiger partial charge on any atom is 2.00 e. The summed E-state index contributed by atoms with van der Waals surface area (Å²) in [6, 6.07) is 0. The molecule has 0 aliphatic carbocycles. The fraction of sp³-hybridized carbons (Fsp3) is 0.833. The second kappa shape index (κ2) is 7.93. The predicted octanol–water partition coefficient (Wildman–Crippen LogP) is -2.84. The second-order valence-electron chi connectivity index (χ2n) is 2.41. The van der Waals surface area contributed by atoms with E-state index < -0.39 is 37.3 Å². The van der Waals surface area contributed by atoms with Gasteiger partial charge in [0.25, 0.3) is 0 Å². The van der Waals surface area contributed by atoms with Crippen molar-refractivity contribution in [1.29, 1.82) is 0 Å². The number of aliphatic hydroxyl groups excluding tert-OH is 4. The molecule has 0 spiro atoms. The molecule has 0 saturated carbocycles. The van der Waals surface area contributed by atoms with Crippen LogP contribution in [0.2, 0.25) is 0 Å². The van der Waals surface area contributed by atoms with Crippen molar-refractivity contribution in [2.45, 2.75) is 24.7 Å². The van der Waals surface area contributed by atoms with Gasteiger partial charge in [-0.2, -0.15) is 0 Å². The van der Waals surface area contributed by atoms with E-state index in [1.54, 1.807) is 0 Å². The number of aliphatic hydroxyl groups is 4. The molecule has 0 aliphatic heterocycles. The Balaban J connectivity index is 0. The minimum absolute atomic E-state index is 0. The van der Waals surface area contributed by atoms with Crippen LogP contribution in [-0.2, 0) is 4.79 Å². The van der Waals surface area contributed by atoms with Crippen LogP contribution in [0.4, 0.5) is 0 Å². The topological polar surface area (TPSA) is 118 Å². The third-order valence-electron chi connectivity index (χ3n) is 1.36. The van der Waals surface area contributed by atoms with E-state index in [4.69, 9.17) is 25.5 Å². The van der Waals surface area contributed by atoms with Gasteiger partial charge >= 0.3 is 43.7 Å². The first-order chi connectivity index (χ1) is 5.49. The molecule has 0 rings (SSSR count). The van der Waals surface area contributed by atoms with E-state index in [-0.39, 0.29) is 37.7 Å². The summed E-state index contributed by atoms with van der Waals surface area (Å²) < 4.78 is 0. The van der Waals surface area contributed by atoms with Crippen molar-refractivity contribution >= 4 is 43.7 Å². The van der Waals surface area contributed by atoms with Gasteiger partial charge in [0.1, 0.15) is 12.2 Å². The zero-order valence-corrected chi connectivity index (χ0v) is 9.21. The first-order valence-corrected chi connectivity index (χ1v) is 3.36. The Kier molecular flexibility index (Phi) is 9.77. The van der Waals surface area contributed by atoms with Crippen LogP contribution >= 0.6 is 0 Å². The van der Waals surface area contributed by atoms with E-state index in [2.05, 4.69) is 0 Å². The molecule has 72 valence electrons. The number of hydrogen-bond acceptors (Lipinski definition) is 5. The number of rotatable bonds is 5. The van der Waals surface area contributed by atoms with Gasteiger partial charge in [-0.3, -0.25) is 4.79 Å². The average molecular weight is 220 g/mol. The molecular weight excluding hydrogens is 208 g/mol. The Labute approximate surface area is 105 Å². The molecule has 7 heteroatoms. The quantitative estimate of drug-likeness (QED) is 0.318. The monoisotopic (exact) mass is 220 g/mol. The normalized spacial score (nSPS) is 16.9. The fourth-order valence-electron chi connectivity index (χ4n) is 0.664. The predicted molar refractivity (Wildman–Crippen MR) is 43.1 cm³/mol. The summed E-state index contributed by atoms with van der Waals surface area (Å²) in [5, 5.41) is 43.0. The third-order valence-corrected chi connectivity index (χ3v) is 1.36. The molecule has 0 aliphatic rings. The SMILES string of the molecule is O=C(O)CC(O)C(O)C(O)CO.[Ca+2]. The van der Waals surface area contributed by atoms with E-state index in [9.17, 15) is 4.79 Å². The molecule has 3 unspecified atom stereocenters. The molecule has 0 amide bonds. The molecule has 5 N–H and O–H groups in total. The van der Waals surface area contributed by atoms with Gasteiger partial charge in [-0.15, -0.1) is 0 Å². The van der Waals surface area contributed by atoms with Crippen molar-refractivity contribution in [2.24, 2.45) is 0 Å². The van der Waals surface area contributed by atoms with Gasteiger partial charge in [0.05, 0.1) is 19.1 Å². The Morgan fingerprint density at radius 2 is 1.62 bits per heavy atom. The van der Waals surface area contributed by atoms with Crippen molar-refractivity contribution in [1.82, 2.24) is 0 Å². The number of carboxylic acid groups (broad SMARTS) is 1. The molecule has 0 bridgehead atoms. The molecule has 6 nitrogen and oxygen atoms in total. The van der Waals surface area contributed by atoms with Crippen LogP contribution in [0.25, 0.3) is 0 Å². The van der Waals surface area contributed by atoms with Crippen LogP contribution in [0.1, 0.15) is 6.42 Å². The summed E-state index contributed by atoms with van der Waals surface area (Å²) in [6.07, 6.45) is -5.38. The Hall–Kier alpha value is 0.570. The van der Waals surface area contributed by atoms with Crippen molar-refractivity contribution in [3.8, 4) is 0 Å². The number of aliphatic carboxylic acids is 1. The van der Waals surface area contributed by atoms with E-state index in [1.807, 2.05) is 0 Å². The minimum Gasteiger partial charge on any atom is -0.481 e. The molecule has 0 fully saturated rings. The summed E-state index contributed by atoms with van der Waals surface area (Å²) in [6.45, 7) is -0.724. The van der Waals surface area contributed by atoms with Crippen molar-refractivity contribution < 1.29 is 30.3 Å². The van der Waals surface area contributed by atoms with E-state index >= 15 is 0 Å². The van der Waals surface area contributed by atoms with Crippen molar-refractivity contribution in [2.75, 3.05) is 6.61 Å². The summed E-state index contributed by atoms with van der Waals surface area (Å²) in [5.74, 6) is -1.29. The summed E-state index contributed by atoms with van der Waals surface area (Å²) >= 11 is 0. The summed E-state index contributed by atoms with van der Waals surface area (Å²) in [7, 11) is 0. The van der Waals surface area contributed by atoms with E-state index in [0.29, 0.717) is 0 Å². The summed E-state index contributed by atoms with van der Waals surface area (Å²) in [4.78, 5) is 10.0. The van der Waals surface area contributed by atoms with Crippen molar-refractivity contribution in [3.63, 3.8) is 0 Å².